The predicted molar refractivity (Wildman–Crippen MR) is 107 cm³/mol. The maximum atomic E-state index is 12.9. The van der Waals surface area contributed by atoms with Gasteiger partial charge in [0.2, 0.25) is 5.91 Å². The van der Waals surface area contributed by atoms with Crippen LogP contribution < -0.4 is 10.1 Å². The number of piperidine rings is 1. The SMILES string of the molecule is CCOc1ccc(CN2CCC3(CC2)Cc2ccccc2CNC3=O)cc1. The van der Waals surface area contributed by atoms with Crippen molar-refractivity contribution in [3.8, 4) is 5.75 Å². The zero-order valence-corrected chi connectivity index (χ0v) is 16.0. The summed E-state index contributed by atoms with van der Waals surface area (Å²) in [6.45, 7) is 6.21. The number of carbonyl (C=O) groups is 1. The maximum absolute atomic E-state index is 12.9. The number of carbonyl (C=O) groups excluding carboxylic acids is 1. The van der Waals surface area contributed by atoms with Crippen molar-refractivity contribution >= 4 is 5.91 Å². The quantitative estimate of drug-likeness (QED) is 0.902. The number of hydrogen-bond acceptors (Lipinski definition) is 3. The third kappa shape index (κ3) is 3.86. The molecule has 142 valence electrons. The fourth-order valence-electron chi connectivity index (χ4n) is 4.37. The summed E-state index contributed by atoms with van der Waals surface area (Å²) in [5, 5.41) is 3.17. The largest absolute Gasteiger partial charge is 0.494 e. The Balaban J connectivity index is 1.41. The first-order valence-electron chi connectivity index (χ1n) is 9.98. The predicted octanol–water partition coefficient (Wildman–Crippen LogP) is 3.54. The molecule has 1 saturated heterocycles. The van der Waals surface area contributed by atoms with Crippen LogP contribution >= 0.6 is 0 Å². The number of hydrogen-bond donors (Lipinski definition) is 1. The summed E-state index contributed by atoms with van der Waals surface area (Å²) in [7, 11) is 0. The number of nitrogens with one attached hydrogen (secondary N) is 1. The van der Waals surface area contributed by atoms with Gasteiger partial charge in [-0.2, -0.15) is 0 Å². The number of fused-ring (bicyclic) bond motifs is 1. The van der Waals surface area contributed by atoms with Crippen LogP contribution in [-0.4, -0.2) is 30.5 Å². The molecule has 2 aromatic rings. The van der Waals surface area contributed by atoms with Crippen molar-refractivity contribution in [1.29, 1.82) is 0 Å². The molecule has 0 radical (unpaired) electrons. The Morgan fingerprint density at radius 2 is 1.74 bits per heavy atom. The van der Waals surface area contributed by atoms with Gasteiger partial charge in [0, 0.05) is 13.1 Å². The topological polar surface area (TPSA) is 41.6 Å². The average molecular weight is 364 g/mol. The van der Waals surface area contributed by atoms with E-state index in [0.717, 1.165) is 44.6 Å². The van der Waals surface area contributed by atoms with Gasteiger partial charge in [-0.1, -0.05) is 36.4 Å². The van der Waals surface area contributed by atoms with Crippen LogP contribution in [0.25, 0.3) is 0 Å². The lowest BCUT2D eigenvalue weighted by molar-refractivity contribution is -0.133. The first kappa shape index (κ1) is 18.1. The van der Waals surface area contributed by atoms with E-state index in [1.165, 1.54) is 16.7 Å². The third-order valence-electron chi connectivity index (χ3n) is 6.02. The van der Waals surface area contributed by atoms with Crippen molar-refractivity contribution < 1.29 is 9.53 Å². The molecule has 2 aliphatic heterocycles. The molecule has 4 rings (SSSR count). The molecule has 2 aromatic carbocycles. The number of amides is 1. The van der Waals surface area contributed by atoms with E-state index in [1.54, 1.807) is 0 Å². The van der Waals surface area contributed by atoms with E-state index < -0.39 is 0 Å². The standard InChI is InChI=1S/C23H28N2O2/c1-2-27-21-9-7-18(8-10-21)17-25-13-11-23(12-14-25)15-19-5-3-4-6-20(19)16-24-22(23)26/h3-10H,2,11-17H2,1H3,(H,24,26). The fourth-order valence-corrected chi connectivity index (χ4v) is 4.37. The minimum absolute atomic E-state index is 0.236. The lowest BCUT2D eigenvalue weighted by atomic mass is 9.73. The third-order valence-corrected chi connectivity index (χ3v) is 6.02. The Kier molecular flexibility index (Phi) is 5.17. The highest BCUT2D eigenvalue weighted by Crippen LogP contribution is 2.38. The molecule has 1 fully saturated rings. The highest BCUT2D eigenvalue weighted by Gasteiger charge is 2.42. The Hall–Kier alpha value is -2.33. The molecule has 2 heterocycles. The van der Waals surface area contributed by atoms with E-state index in [1.807, 2.05) is 19.1 Å². The number of benzene rings is 2. The average Bonchev–Trinajstić information content (AvgIpc) is 2.83. The molecule has 2 aliphatic rings. The number of ether oxygens (including phenoxy) is 1. The van der Waals surface area contributed by atoms with E-state index in [0.29, 0.717) is 13.2 Å². The summed E-state index contributed by atoms with van der Waals surface area (Å²) in [4.78, 5) is 15.3. The zero-order valence-electron chi connectivity index (χ0n) is 16.0. The van der Waals surface area contributed by atoms with Gasteiger partial charge < -0.3 is 10.1 Å². The first-order chi connectivity index (χ1) is 13.2. The van der Waals surface area contributed by atoms with Crippen molar-refractivity contribution in [2.75, 3.05) is 19.7 Å². The second-order valence-electron chi connectivity index (χ2n) is 7.76. The monoisotopic (exact) mass is 364 g/mol. The summed E-state index contributed by atoms with van der Waals surface area (Å²) in [5.41, 5.74) is 3.64. The summed E-state index contributed by atoms with van der Waals surface area (Å²) in [6, 6.07) is 16.8. The van der Waals surface area contributed by atoms with Gasteiger partial charge in [0.1, 0.15) is 5.75 Å². The van der Waals surface area contributed by atoms with Gasteiger partial charge in [-0.15, -0.1) is 0 Å². The van der Waals surface area contributed by atoms with E-state index in [-0.39, 0.29) is 11.3 Å². The summed E-state index contributed by atoms with van der Waals surface area (Å²) in [6.07, 6.45) is 2.71. The summed E-state index contributed by atoms with van der Waals surface area (Å²) < 4.78 is 5.52. The number of rotatable bonds is 4. The molecule has 0 bridgehead atoms. The normalized spacial score (nSPS) is 19.2. The van der Waals surface area contributed by atoms with Gasteiger partial charge in [0.05, 0.1) is 12.0 Å². The van der Waals surface area contributed by atoms with Crippen LogP contribution in [0.3, 0.4) is 0 Å². The molecule has 0 aromatic heterocycles. The molecule has 1 amide bonds. The lowest BCUT2D eigenvalue weighted by Crippen LogP contribution is -2.48. The smallest absolute Gasteiger partial charge is 0.226 e. The minimum atomic E-state index is -0.248. The molecule has 0 atom stereocenters. The molecule has 1 spiro atoms. The zero-order chi connectivity index (χ0) is 18.7. The minimum Gasteiger partial charge on any atom is -0.494 e. The Morgan fingerprint density at radius 1 is 1.04 bits per heavy atom. The van der Waals surface area contributed by atoms with Crippen LogP contribution in [0.4, 0.5) is 0 Å². The Bertz CT molecular complexity index is 792. The van der Waals surface area contributed by atoms with Crippen molar-refractivity contribution in [3.05, 3.63) is 65.2 Å². The van der Waals surface area contributed by atoms with Crippen molar-refractivity contribution in [2.24, 2.45) is 5.41 Å². The highest BCUT2D eigenvalue weighted by molar-refractivity contribution is 5.83. The van der Waals surface area contributed by atoms with E-state index >= 15 is 0 Å². The Labute approximate surface area is 161 Å². The second kappa shape index (κ2) is 7.73. The van der Waals surface area contributed by atoms with Gasteiger partial charge in [-0.25, -0.2) is 0 Å². The van der Waals surface area contributed by atoms with E-state index in [9.17, 15) is 4.79 Å². The molecule has 27 heavy (non-hydrogen) atoms. The molecule has 0 saturated carbocycles. The van der Waals surface area contributed by atoms with Crippen LogP contribution in [0.2, 0.25) is 0 Å². The second-order valence-corrected chi connectivity index (χ2v) is 7.76. The highest BCUT2D eigenvalue weighted by atomic mass is 16.5. The van der Waals surface area contributed by atoms with Gasteiger partial charge >= 0.3 is 0 Å². The summed E-state index contributed by atoms with van der Waals surface area (Å²) >= 11 is 0. The molecule has 0 aliphatic carbocycles. The number of likely N-dealkylation sites (tertiary alicyclic amines) is 1. The first-order valence-corrected chi connectivity index (χ1v) is 9.98. The number of nitrogens with zero attached hydrogens (tertiary/aromatic N) is 1. The van der Waals surface area contributed by atoms with E-state index in [2.05, 4.69) is 46.6 Å². The molecular weight excluding hydrogens is 336 g/mol. The van der Waals surface area contributed by atoms with Crippen molar-refractivity contribution in [2.45, 2.75) is 39.3 Å². The maximum Gasteiger partial charge on any atom is 0.226 e. The van der Waals surface area contributed by atoms with Crippen LogP contribution in [0, 0.1) is 5.41 Å². The van der Waals surface area contributed by atoms with Crippen LogP contribution in [-0.2, 0) is 24.3 Å². The Morgan fingerprint density at radius 3 is 2.44 bits per heavy atom. The summed E-state index contributed by atoms with van der Waals surface area (Å²) in [5.74, 6) is 1.16. The van der Waals surface area contributed by atoms with Gasteiger partial charge in [-0.05, 0) is 68.1 Å². The van der Waals surface area contributed by atoms with Gasteiger partial charge in [0.25, 0.3) is 0 Å². The van der Waals surface area contributed by atoms with Gasteiger partial charge in [-0.3, -0.25) is 9.69 Å². The van der Waals surface area contributed by atoms with Crippen molar-refractivity contribution in [1.82, 2.24) is 10.2 Å². The van der Waals surface area contributed by atoms with E-state index in [4.69, 9.17) is 4.74 Å². The van der Waals surface area contributed by atoms with Crippen LogP contribution in [0.15, 0.2) is 48.5 Å². The van der Waals surface area contributed by atoms with Crippen LogP contribution in [0.5, 0.6) is 5.75 Å². The molecule has 0 unspecified atom stereocenters. The van der Waals surface area contributed by atoms with Crippen molar-refractivity contribution in [3.63, 3.8) is 0 Å². The molecule has 4 heteroatoms. The van der Waals surface area contributed by atoms with Crippen LogP contribution in [0.1, 0.15) is 36.5 Å². The molecule has 1 N–H and O–H groups in total. The lowest BCUT2D eigenvalue weighted by Gasteiger charge is -2.40. The van der Waals surface area contributed by atoms with Gasteiger partial charge in [0.15, 0.2) is 0 Å². The fraction of sp³-hybridized carbons (Fsp3) is 0.435. The molecular formula is C23H28N2O2. The molecule has 4 nitrogen and oxygen atoms in total.